The molecule has 0 atom stereocenters. The number of ether oxygens (including phenoxy) is 2. The quantitative estimate of drug-likeness (QED) is 0.454. The lowest BCUT2D eigenvalue weighted by Gasteiger charge is -2.05. The third-order valence-corrected chi connectivity index (χ3v) is 2.35. The highest BCUT2D eigenvalue weighted by Crippen LogP contribution is 2.21. The summed E-state index contributed by atoms with van der Waals surface area (Å²) in [4.78, 5) is 32.2. The molecule has 0 radical (unpaired) electrons. The molecule has 0 aliphatic rings. The van der Waals surface area contributed by atoms with Crippen LogP contribution >= 0.6 is 0 Å². The molecule has 0 aliphatic carbocycles. The Hall–Kier alpha value is -2.44. The summed E-state index contributed by atoms with van der Waals surface area (Å²) in [5.74, 6) is -1.03. The summed E-state index contributed by atoms with van der Waals surface area (Å²) in [5, 5.41) is 10.9. The number of carbonyl (C=O) groups excluding carboxylic acids is 2. The molecule has 0 N–H and O–H groups in total. The number of hydrogen-bond acceptors (Lipinski definition) is 6. The van der Waals surface area contributed by atoms with Crippen molar-refractivity contribution in [3.63, 3.8) is 0 Å². The van der Waals surface area contributed by atoms with Gasteiger partial charge in [0.25, 0.3) is 5.69 Å². The van der Waals surface area contributed by atoms with Crippen molar-refractivity contribution in [2.24, 2.45) is 0 Å². The molecule has 7 nitrogen and oxygen atoms in total. The molecule has 102 valence electrons. The highest BCUT2D eigenvalue weighted by molar-refractivity contribution is 5.74. The molecule has 0 saturated heterocycles. The molecule has 1 aromatic carbocycles. The molecule has 0 aliphatic heterocycles. The average Bonchev–Trinajstić information content (AvgIpc) is 2.36. The molecule has 0 aromatic heterocycles. The van der Waals surface area contributed by atoms with Gasteiger partial charge in [-0.1, -0.05) is 12.1 Å². The molecule has 0 saturated carbocycles. The SMILES string of the molecule is COC(=O)Cc1ccc(COC(C)=O)cc1[N+](=O)[O-]. The summed E-state index contributed by atoms with van der Waals surface area (Å²) >= 11 is 0. The standard InChI is InChI=1S/C12H13NO6/c1-8(14)19-7-9-3-4-10(6-12(15)18-2)11(5-9)13(16)17/h3-5H,6-7H2,1-2H3. The van der Waals surface area contributed by atoms with Crippen LogP contribution in [0, 0.1) is 10.1 Å². The average molecular weight is 267 g/mol. The van der Waals surface area contributed by atoms with Crippen LogP contribution in [0.3, 0.4) is 0 Å². The van der Waals surface area contributed by atoms with Crippen molar-refractivity contribution < 1.29 is 24.0 Å². The topological polar surface area (TPSA) is 95.7 Å². The number of rotatable bonds is 5. The lowest BCUT2D eigenvalue weighted by atomic mass is 10.1. The zero-order valence-corrected chi connectivity index (χ0v) is 10.5. The van der Waals surface area contributed by atoms with Gasteiger partial charge in [0.1, 0.15) is 6.61 Å². The number of methoxy groups -OCH3 is 1. The largest absolute Gasteiger partial charge is 0.469 e. The van der Waals surface area contributed by atoms with Gasteiger partial charge in [0, 0.05) is 18.6 Å². The van der Waals surface area contributed by atoms with Gasteiger partial charge in [-0.3, -0.25) is 19.7 Å². The maximum atomic E-state index is 11.1. The number of carbonyl (C=O) groups is 2. The lowest BCUT2D eigenvalue weighted by Crippen LogP contribution is -2.07. The Bertz CT molecular complexity index is 511. The zero-order valence-electron chi connectivity index (χ0n) is 10.5. The van der Waals surface area contributed by atoms with E-state index >= 15 is 0 Å². The van der Waals surface area contributed by atoms with E-state index in [0.717, 1.165) is 0 Å². The first kappa shape index (κ1) is 14.6. The van der Waals surface area contributed by atoms with E-state index in [4.69, 9.17) is 4.74 Å². The van der Waals surface area contributed by atoms with Gasteiger partial charge in [-0.2, -0.15) is 0 Å². The Morgan fingerprint density at radius 3 is 2.58 bits per heavy atom. The van der Waals surface area contributed by atoms with E-state index in [2.05, 4.69) is 4.74 Å². The fourth-order valence-corrected chi connectivity index (χ4v) is 1.43. The van der Waals surface area contributed by atoms with Crippen LogP contribution in [0.25, 0.3) is 0 Å². The number of hydrogen-bond donors (Lipinski definition) is 0. The minimum atomic E-state index is -0.588. The van der Waals surface area contributed by atoms with Gasteiger partial charge in [0.15, 0.2) is 0 Å². The minimum Gasteiger partial charge on any atom is -0.469 e. The fourth-order valence-electron chi connectivity index (χ4n) is 1.43. The second-order valence-electron chi connectivity index (χ2n) is 3.75. The van der Waals surface area contributed by atoms with Crippen LogP contribution < -0.4 is 0 Å². The third-order valence-electron chi connectivity index (χ3n) is 2.35. The van der Waals surface area contributed by atoms with Crippen LogP contribution in [0.15, 0.2) is 18.2 Å². The molecule has 0 bridgehead atoms. The number of benzene rings is 1. The van der Waals surface area contributed by atoms with Crippen molar-refractivity contribution >= 4 is 17.6 Å². The van der Waals surface area contributed by atoms with Gasteiger partial charge in [0.2, 0.25) is 0 Å². The van der Waals surface area contributed by atoms with Gasteiger partial charge in [-0.05, 0) is 5.56 Å². The zero-order chi connectivity index (χ0) is 14.4. The third kappa shape index (κ3) is 4.38. The maximum Gasteiger partial charge on any atom is 0.310 e. The molecule has 0 fully saturated rings. The number of nitro benzene ring substituents is 1. The van der Waals surface area contributed by atoms with E-state index in [1.807, 2.05) is 0 Å². The predicted octanol–water partition coefficient (Wildman–Crippen LogP) is 1.37. The van der Waals surface area contributed by atoms with E-state index in [1.54, 1.807) is 6.07 Å². The lowest BCUT2D eigenvalue weighted by molar-refractivity contribution is -0.385. The smallest absolute Gasteiger partial charge is 0.310 e. The maximum absolute atomic E-state index is 11.1. The Balaban J connectivity index is 2.97. The molecule has 0 heterocycles. The van der Waals surface area contributed by atoms with Crippen molar-refractivity contribution in [3.05, 3.63) is 39.4 Å². The fraction of sp³-hybridized carbons (Fsp3) is 0.333. The number of nitrogens with zero attached hydrogens (tertiary/aromatic N) is 1. The van der Waals surface area contributed by atoms with Crippen LogP contribution in [-0.4, -0.2) is 24.0 Å². The van der Waals surface area contributed by atoms with Gasteiger partial charge in [-0.25, -0.2) is 0 Å². The van der Waals surface area contributed by atoms with Crippen LogP contribution in [0.1, 0.15) is 18.1 Å². The Morgan fingerprint density at radius 1 is 1.37 bits per heavy atom. The summed E-state index contributed by atoms with van der Waals surface area (Å²) < 4.78 is 9.22. The van der Waals surface area contributed by atoms with Crippen LogP contribution in [0.5, 0.6) is 0 Å². The molecular formula is C12H13NO6. The molecule has 0 amide bonds. The summed E-state index contributed by atoms with van der Waals surface area (Å²) in [7, 11) is 1.21. The normalized spacial score (nSPS) is 9.79. The minimum absolute atomic E-state index is 0.0469. The van der Waals surface area contributed by atoms with Gasteiger partial charge in [0.05, 0.1) is 18.5 Å². The van der Waals surface area contributed by atoms with Crippen LogP contribution in [0.4, 0.5) is 5.69 Å². The second kappa shape index (κ2) is 6.48. The highest BCUT2D eigenvalue weighted by Gasteiger charge is 2.17. The van der Waals surface area contributed by atoms with Crippen molar-refractivity contribution in [1.29, 1.82) is 0 Å². The molecule has 1 aromatic rings. The second-order valence-corrected chi connectivity index (χ2v) is 3.75. The molecule has 0 spiro atoms. The van der Waals surface area contributed by atoms with Gasteiger partial charge >= 0.3 is 11.9 Å². The van der Waals surface area contributed by atoms with Crippen molar-refractivity contribution in [2.75, 3.05) is 7.11 Å². The van der Waals surface area contributed by atoms with Crippen molar-refractivity contribution in [2.45, 2.75) is 20.0 Å². The number of nitro groups is 1. The Kier molecular flexibility index (Phi) is 4.99. The first-order chi connectivity index (χ1) is 8.93. The van der Waals surface area contributed by atoms with Crippen LogP contribution in [0.2, 0.25) is 0 Å². The number of esters is 2. The van der Waals surface area contributed by atoms with Gasteiger partial charge < -0.3 is 9.47 Å². The first-order valence-corrected chi connectivity index (χ1v) is 5.40. The van der Waals surface area contributed by atoms with E-state index in [9.17, 15) is 19.7 Å². The van der Waals surface area contributed by atoms with E-state index in [0.29, 0.717) is 5.56 Å². The van der Waals surface area contributed by atoms with E-state index in [-0.39, 0.29) is 24.3 Å². The first-order valence-electron chi connectivity index (χ1n) is 5.40. The highest BCUT2D eigenvalue weighted by atomic mass is 16.6. The summed E-state index contributed by atoms with van der Waals surface area (Å²) in [6, 6.07) is 4.29. The summed E-state index contributed by atoms with van der Waals surface area (Å²) in [5.41, 5.74) is 0.536. The monoisotopic (exact) mass is 267 g/mol. The predicted molar refractivity (Wildman–Crippen MR) is 64.3 cm³/mol. The summed E-state index contributed by atoms with van der Waals surface area (Å²) in [6.45, 7) is 1.20. The Labute approximate surface area is 109 Å². The molecular weight excluding hydrogens is 254 g/mol. The molecule has 0 unspecified atom stereocenters. The summed E-state index contributed by atoms with van der Waals surface area (Å²) in [6.07, 6.45) is -0.180. The van der Waals surface area contributed by atoms with Gasteiger partial charge in [-0.15, -0.1) is 0 Å². The van der Waals surface area contributed by atoms with Crippen LogP contribution in [-0.2, 0) is 32.1 Å². The molecule has 19 heavy (non-hydrogen) atoms. The van der Waals surface area contributed by atoms with E-state index in [1.165, 1.54) is 26.2 Å². The Morgan fingerprint density at radius 2 is 2.05 bits per heavy atom. The molecule has 7 heteroatoms. The van der Waals surface area contributed by atoms with Crippen molar-refractivity contribution in [3.8, 4) is 0 Å². The van der Waals surface area contributed by atoms with E-state index < -0.39 is 16.9 Å². The molecule has 1 rings (SSSR count). The van der Waals surface area contributed by atoms with Crippen molar-refractivity contribution in [1.82, 2.24) is 0 Å².